The molecule has 15 nitrogen and oxygen atoms in total. The Hall–Kier alpha value is -7.81. The highest BCUT2D eigenvalue weighted by Crippen LogP contribution is 2.20. The number of ether oxygens (including phenoxy) is 5. The highest BCUT2D eigenvalue weighted by atomic mass is 16.6. The minimum Gasteiger partial charge on any atom is -0.505 e. The van der Waals surface area contributed by atoms with Gasteiger partial charge in [-0.15, -0.1) is 0 Å². The minimum atomic E-state index is -0.394. The predicted molar refractivity (Wildman–Crippen MR) is 272 cm³/mol. The van der Waals surface area contributed by atoms with E-state index in [9.17, 15) is 33.6 Å². The number of esters is 4. The summed E-state index contributed by atoms with van der Waals surface area (Å²) in [6.07, 6.45) is 13.0. The van der Waals surface area contributed by atoms with Gasteiger partial charge in [0.05, 0.1) is 47.2 Å². The first-order valence-corrected chi connectivity index (χ1v) is 21.7. The molecule has 6 rings (SSSR count). The molecule has 0 N–H and O–H groups in total. The molecule has 2 aromatic heterocycles. The van der Waals surface area contributed by atoms with Crippen molar-refractivity contribution in [1.82, 2.24) is 4.90 Å². The summed E-state index contributed by atoms with van der Waals surface area (Å²) in [5.41, 5.74) is 4.20. The number of fused-ring (bicyclic) bond motifs is 1. The molecule has 2 amide bonds. The van der Waals surface area contributed by atoms with Gasteiger partial charge in [-0.2, -0.15) is 0 Å². The Morgan fingerprint density at radius 1 is 0.797 bits per heavy atom. The Morgan fingerprint density at radius 2 is 1.35 bits per heavy atom. The highest BCUT2D eigenvalue weighted by Gasteiger charge is 2.25. The van der Waals surface area contributed by atoms with E-state index in [-0.39, 0.29) is 41.5 Å². The predicted octanol–water partition coefficient (Wildman–Crippen LogP) is 10.6. The fraction of sp³-hybridized carbons (Fsp3) is 0.315. The van der Waals surface area contributed by atoms with Crippen LogP contribution in [0, 0.1) is 0 Å². The summed E-state index contributed by atoms with van der Waals surface area (Å²) in [5.74, 6) is -1.71. The summed E-state index contributed by atoms with van der Waals surface area (Å²) in [4.78, 5) is 74.6. The Balaban J connectivity index is -0.000000355. The second-order valence-electron chi connectivity index (χ2n) is 12.7. The Kier molecular flexibility index (Phi) is 43.3. The quantitative estimate of drug-likeness (QED) is 0.0424. The van der Waals surface area contributed by atoms with Crippen molar-refractivity contribution in [1.29, 1.82) is 0 Å². The third-order valence-corrected chi connectivity index (χ3v) is 7.83. The van der Waals surface area contributed by atoms with Crippen LogP contribution < -0.4 is 5.63 Å². The van der Waals surface area contributed by atoms with Gasteiger partial charge in [0.2, 0.25) is 0 Å². The van der Waals surface area contributed by atoms with Crippen molar-refractivity contribution in [2.24, 2.45) is 0 Å². The number of rotatable bonds is 7. The maximum absolute atomic E-state index is 10.8. The standard InChI is InChI=1S/C12H14O2.C9H6O2.C7H10O2.C6H7NO2.C5H8O2.C4H6O2.C4H4O.C3H6O.2C2H6/c1-3-10-4-6-11(7-5-10)8-9-12(13)14-2;10-9-6-5-7-3-1-2-4-8(7)11-9;1-3-6-4-5(2)7(8)9-6;1-4-3-5(8)7(2)6(4)9;1-4(2)5(6)7-3;1-3-4(5)6-2;1-2-4-5-3-1;1-3-4-2;2*1-2/h4-9H,3H2,1-2H3;1-6H;6H,2-4H2,1H3;3H,1-2H3;1H2,2-3H3;3H,1H2,2H3;1-4H;3H,1H2,2H3;2*1-2H3/b9-8+;;;;;;;;;. The molecule has 1 atom stereocenters. The zero-order valence-corrected chi connectivity index (χ0v) is 42.7. The summed E-state index contributed by atoms with van der Waals surface area (Å²) < 4.78 is 31.6. The molecule has 2 aliphatic heterocycles. The van der Waals surface area contributed by atoms with E-state index in [1.807, 2.05) is 77.1 Å². The molecule has 2 aromatic carbocycles. The molecule has 69 heavy (non-hydrogen) atoms. The number of aryl methyl sites for hydroxylation is 1. The first-order valence-electron chi connectivity index (χ1n) is 21.7. The van der Waals surface area contributed by atoms with Crippen LogP contribution in [0.5, 0.6) is 0 Å². The Labute approximate surface area is 408 Å². The van der Waals surface area contributed by atoms with Crippen molar-refractivity contribution in [3.8, 4) is 0 Å². The van der Waals surface area contributed by atoms with E-state index in [0.717, 1.165) is 41.2 Å². The topological polar surface area (TPSA) is 195 Å². The number of cyclic esters (lactones) is 1. The lowest BCUT2D eigenvalue weighted by Gasteiger charge is -2.03. The molecule has 1 saturated heterocycles. The number of likely N-dealkylation sites (N-methyl/N-ethyl adjacent to an activating group) is 1. The zero-order chi connectivity index (χ0) is 53.7. The van der Waals surface area contributed by atoms with E-state index >= 15 is 0 Å². The summed E-state index contributed by atoms with van der Waals surface area (Å²) in [6.45, 7) is 28.7. The van der Waals surface area contributed by atoms with Gasteiger partial charge >= 0.3 is 29.5 Å². The van der Waals surface area contributed by atoms with E-state index < -0.39 is 5.97 Å². The molecule has 15 heteroatoms. The number of para-hydroxylation sites is 1. The number of hydrogen-bond donors (Lipinski definition) is 0. The third kappa shape index (κ3) is 34.2. The number of carbonyl (C=O) groups is 6. The van der Waals surface area contributed by atoms with Crippen LogP contribution in [0.15, 0.2) is 166 Å². The lowest BCUT2D eigenvalue weighted by molar-refractivity contribution is -0.139. The molecule has 0 radical (unpaired) electrons. The van der Waals surface area contributed by atoms with E-state index in [1.165, 1.54) is 58.4 Å². The number of imide groups is 1. The third-order valence-electron chi connectivity index (χ3n) is 7.83. The van der Waals surface area contributed by atoms with Crippen molar-refractivity contribution < 1.29 is 61.3 Å². The van der Waals surface area contributed by atoms with E-state index in [0.29, 0.717) is 22.3 Å². The fourth-order valence-electron chi connectivity index (χ4n) is 4.16. The molecule has 0 spiro atoms. The lowest BCUT2D eigenvalue weighted by atomic mass is 10.1. The first-order chi connectivity index (χ1) is 32.9. The van der Waals surface area contributed by atoms with E-state index in [4.69, 9.17) is 9.15 Å². The molecule has 4 heterocycles. The van der Waals surface area contributed by atoms with Crippen LogP contribution in [0.2, 0.25) is 0 Å². The van der Waals surface area contributed by atoms with E-state index in [1.54, 1.807) is 51.7 Å². The fourth-order valence-corrected chi connectivity index (χ4v) is 4.16. The summed E-state index contributed by atoms with van der Waals surface area (Å²) in [5, 5.41) is 0.951. The van der Waals surface area contributed by atoms with Gasteiger partial charge in [0.1, 0.15) is 11.7 Å². The first kappa shape index (κ1) is 67.8. The van der Waals surface area contributed by atoms with Crippen molar-refractivity contribution in [2.75, 3.05) is 35.5 Å². The Bertz CT molecular complexity index is 2200. The second-order valence-corrected chi connectivity index (χ2v) is 12.7. The monoisotopic (exact) mass is 960 g/mol. The van der Waals surface area contributed by atoms with Gasteiger partial charge in [-0.25, -0.2) is 24.0 Å². The summed E-state index contributed by atoms with van der Waals surface area (Å²) in [6, 6.07) is 22.3. The largest absolute Gasteiger partial charge is 0.505 e. The van der Waals surface area contributed by atoms with Gasteiger partial charge in [0, 0.05) is 59.9 Å². The zero-order valence-electron chi connectivity index (χ0n) is 42.7. The van der Waals surface area contributed by atoms with Crippen molar-refractivity contribution in [3.05, 3.63) is 174 Å². The number of nitrogens with zero attached hydrogens (tertiary/aromatic N) is 1. The molecule has 378 valence electrons. The number of amides is 2. The second kappa shape index (κ2) is 44.0. The van der Waals surface area contributed by atoms with Crippen LogP contribution in [-0.2, 0) is 58.9 Å². The maximum atomic E-state index is 10.8. The molecule has 0 aliphatic carbocycles. The highest BCUT2D eigenvalue weighted by molar-refractivity contribution is 6.15. The molecule has 2 aliphatic rings. The number of methoxy groups -OCH3 is 4. The molecular formula is C54H73NO14. The maximum Gasteiger partial charge on any atom is 0.336 e. The lowest BCUT2D eigenvalue weighted by Crippen LogP contribution is -2.25. The molecule has 1 fully saturated rings. The smallest absolute Gasteiger partial charge is 0.336 e. The number of carbonyl (C=O) groups excluding carboxylic acids is 6. The van der Waals surface area contributed by atoms with Gasteiger partial charge < -0.3 is 32.5 Å². The van der Waals surface area contributed by atoms with Crippen LogP contribution in [0.1, 0.15) is 79.4 Å². The van der Waals surface area contributed by atoms with Gasteiger partial charge in [-0.3, -0.25) is 14.5 Å². The van der Waals surface area contributed by atoms with Crippen LogP contribution >= 0.6 is 0 Å². The Morgan fingerprint density at radius 3 is 1.65 bits per heavy atom. The number of furan rings is 1. The number of benzene rings is 2. The molecule has 0 bridgehead atoms. The van der Waals surface area contributed by atoms with E-state index in [2.05, 4.69) is 68.7 Å². The van der Waals surface area contributed by atoms with Gasteiger partial charge in [-0.1, -0.05) is 110 Å². The van der Waals surface area contributed by atoms with Gasteiger partial charge in [-0.05, 0) is 68.2 Å². The number of hydrogen-bond acceptors (Lipinski definition) is 14. The SMILES string of the molecule is C=C(C)C(=O)OC.C=C1CC(CC)OC1=O.C=CC(=O)OC.C=COC.CC.CC.CC1=CC(=O)N(C)C1=O.CCc1ccc(/C=C/C(=O)OC)cc1.O=c1ccc2ccccc2o1.c1ccoc1. The minimum absolute atomic E-state index is 0.102. The molecule has 4 aromatic rings. The van der Waals surface area contributed by atoms with Crippen LogP contribution in [-0.4, -0.2) is 82.2 Å². The van der Waals surface area contributed by atoms with Crippen molar-refractivity contribution in [2.45, 2.75) is 80.8 Å². The van der Waals surface area contributed by atoms with Gasteiger partial charge in [0.15, 0.2) is 0 Å². The average Bonchev–Trinajstić information content (AvgIpc) is 4.14. The average molecular weight is 960 g/mol. The normalized spacial score (nSPS) is 12.1. The van der Waals surface area contributed by atoms with Crippen LogP contribution in [0.25, 0.3) is 17.0 Å². The van der Waals surface area contributed by atoms with Crippen LogP contribution in [0.3, 0.4) is 0 Å². The van der Waals surface area contributed by atoms with Crippen molar-refractivity contribution in [3.63, 3.8) is 0 Å². The summed E-state index contributed by atoms with van der Waals surface area (Å²) >= 11 is 0. The van der Waals surface area contributed by atoms with Crippen molar-refractivity contribution >= 4 is 52.7 Å². The molecular weight excluding hydrogens is 887 g/mol. The molecule has 0 saturated carbocycles. The van der Waals surface area contributed by atoms with Gasteiger partial charge in [0.25, 0.3) is 11.8 Å². The summed E-state index contributed by atoms with van der Waals surface area (Å²) in [7, 11) is 7.04. The van der Waals surface area contributed by atoms with Crippen LogP contribution in [0.4, 0.5) is 0 Å². The molecule has 1 unspecified atom stereocenters.